The number of aromatic nitrogens is 2. The molecule has 1 aromatic heterocycles. The van der Waals surface area contributed by atoms with Crippen molar-refractivity contribution in [3.05, 3.63) is 36.7 Å². The fraction of sp³-hybridized carbons (Fsp3) is 0.412. The van der Waals surface area contributed by atoms with Gasteiger partial charge in [0.25, 0.3) is 0 Å². The Labute approximate surface area is 131 Å². The molecule has 5 nitrogen and oxygen atoms in total. The molecule has 2 aromatic rings. The minimum Gasteiger partial charge on any atom is -0.492 e. The van der Waals surface area contributed by atoms with Crippen molar-refractivity contribution in [3.63, 3.8) is 0 Å². The van der Waals surface area contributed by atoms with Crippen molar-refractivity contribution in [3.8, 4) is 5.75 Å². The fourth-order valence-electron chi connectivity index (χ4n) is 2.70. The van der Waals surface area contributed by atoms with Crippen LogP contribution in [0, 0.1) is 0 Å². The van der Waals surface area contributed by atoms with Crippen molar-refractivity contribution in [2.75, 3.05) is 29.9 Å². The maximum absolute atomic E-state index is 5.64. The van der Waals surface area contributed by atoms with Gasteiger partial charge in [0.05, 0.1) is 12.3 Å². The number of benzene rings is 1. The van der Waals surface area contributed by atoms with Gasteiger partial charge in [0.2, 0.25) is 0 Å². The molecule has 1 saturated heterocycles. The van der Waals surface area contributed by atoms with E-state index in [1.807, 2.05) is 37.3 Å². The van der Waals surface area contributed by atoms with Crippen LogP contribution < -0.4 is 15.0 Å². The summed E-state index contributed by atoms with van der Waals surface area (Å²) in [7, 11) is 0. The Kier molecular flexibility index (Phi) is 4.73. The first-order chi connectivity index (χ1) is 10.9. The van der Waals surface area contributed by atoms with Crippen LogP contribution in [0.3, 0.4) is 0 Å². The molecular formula is C17H22N4O. The zero-order chi connectivity index (χ0) is 15.2. The average molecular weight is 298 g/mol. The maximum atomic E-state index is 5.64. The van der Waals surface area contributed by atoms with E-state index in [4.69, 9.17) is 4.74 Å². The molecule has 0 spiro atoms. The summed E-state index contributed by atoms with van der Waals surface area (Å²) in [6, 6.07) is 9.91. The van der Waals surface area contributed by atoms with Gasteiger partial charge >= 0.3 is 0 Å². The predicted molar refractivity (Wildman–Crippen MR) is 89.0 cm³/mol. The Bertz CT molecular complexity index is 611. The predicted octanol–water partition coefficient (Wildman–Crippen LogP) is 3.61. The van der Waals surface area contributed by atoms with Crippen LogP contribution in [-0.2, 0) is 0 Å². The lowest BCUT2D eigenvalue weighted by Crippen LogP contribution is -2.30. The molecule has 2 heterocycles. The Hall–Kier alpha value is -2.30. The summed E-state index contributed by atoms with van der Waals surface area (Å²) in [5.74, 6) is 2.62. The standard InChI is InChI=1S/C17H22N4O/c1-2-22-15-9-5-4-8-14(15)20-16-12-17(19-13-18-16)21-10-6-3-7-11-21/h4-5,8-9,12-13H,2-3,6-7,10-11H2,1H3,(H,18,19,20). The largest absolute Gasteiger partial charge is 0.492 e. The molecule has 0 atom stereocenters. The molecule has 22 heavy (non-hydrogen) atoms. The third kappa shape index (κ3) is 3.47. The molecule has 0 aliphatic carbocycles. The summed E-state index contributed by atoms with van der Waals surface area (Å²) in [5.41, 5.74) is 0.924. The quantitative estimate of drug-likeness (QED) is 0.914. The summed E-state index contributed by atoms with van der Waals surface area (Å²) in [4.78, 5) is 11.1. The second kappa shape index (κ2) is 7.11. The van der Waals surface area contributed by atoms with Gasteiger partial charge in [-0.2, -0.15) is 0 Å². The summed E-state index contributed by atoms with van der Waals surface area (Å²) >= 11 is 0. The van der Waals surface area contributed by atoms with Crippen LogP contribution in [0.2, 0.25) is 0 Å². The molecule has 0 radical (unpaired) electrons. The summed E-state index contributed by atoms with van der Waals surface area (Å²) in [5, 5.41) is 3.33. The van der Waals surface area contributed by atoms with E-state index in [9.17, 15) is 0 Å². The number of nitrogens with one attached hydrogen (secondary N) is 1. The third-order valence-electron chi connectivity index (χ3n) is 3.78. The number of nitrogens with zero attached hydrogens (tertiary/aromatic N) is 3. The molecule has 5 heteroatoms. The van der Waals surface area contributed by atoms with Gasteiger partial charge in [0, 0.05) is 19.2 Å². The van der Waals surface area contributed by atoms with Crippen LogP contribution in [-0.4, -0.2) is 29.7 Å². The van der Waals surface area contributed by atoms with Gasteiger partial charge < -0.3 is 15.0 Å². The van der Waals surface area contributed by atoms with Crippen LogP contribution >= 0.6 is 0 Å². The van der Waals surface area contributed by atoms with E-state index < -0.39 is 0 Å². The van der Waals surface area contributed by atoms with Crippen molar-refractivity contribution in [2.24, 2.45) is 0 Å². The monoisotopic (exact) mass is 298 g/mol. The van der Waals surface area contributed by atoms with E-state index in [1.165, 1.54) is 19.3 Å². The Morgan fingerprint density at radius 3 is 2.77 bits per heavy atom. The van der Waals surface area contributed by atoms with Gasteiger partial charge in [-0.3, -0.25) is 0 Å². The lowest BCUT2D eigenvalue weighted by molar-refractivity contribution is 0.342. The van der Waals surface area contributed by atoms with Gasteiger partial charge in [0.1, 0.15) is 23.7 Å². The van der Waals surface area contributed by atoms with E-state index >= 15 is 0 Å². The number of rotatable bonds is 5. The minimum atomic E-state index is 0.640. The lowest BCUT2D eigenvalue weighted by atomic mass is 10.1. The zero-order valence-electron chi connectivity index (χ0n) is 13.0. The average Bonchev–Trinajstić information content (AvgIpc) is 2.58. The zero-order valence-corrected chi connectivity index (χ0v) is 13.0. The summed E-state index contributed by atoms with van der Waals surface area (Å²) in [6.45, 7) is 4.77. The number of piperidine rings is 1. The highest BCUT2D eigenvalue weighted by molar-refractivity contribution is 5.65. The smallest absolute Gasteiger partial charge is 0.142 e. The van der Waals surface area contributed by atoms with Crippen LogP contribution in [0.25, 0.3) is 0 Å². The second-order valence-electron chi connectivity index (χ2n) is 5.36. The van der Waals surface area contributed by atoms with Crippen molar-refractivity contribution < 1.29 is 4.74 Å². The third-order valence-corrected chi connectivity index (χ3v) is 3.78. The molecular weight excluding hydrogens is 276 g/mol. The molecule has 1 N–H and O–H groups in total. The molecule has 0 bridgehead atoms. The van der Waals surface area contributed by atoms with Crippen molar-refractivity contribution in [1.29, 1.82) is 0 Å². The SMILES string of the molecule is CCOc1ccccc1Nc1cc(N2CCCCC2)ncn1. The molecule has 1 fully saturated rings. The van der Waals surface area contributed by atoms with Crippen LogP contribution in [0.5, 0.6) is 5.75 Å². The topological polar surface area (TPSA) is 50.3 Å². The molecule has 116 valence electrons. The number of para-hydroxylation sites is 2. The Morgan fingerprint density at radius 1 is 1.14 bits per heavy atom. The van der Waals surface area contributed by atoms with E-state index in [1.54, 1.807) is 6.33 Å². The normalized spacial score (nSPS) is 14.7. The van der Waals surface area contributed by atoms with Gasteiger partial charge in [-0.1, -0.05) is 12.1 Å². The van der Waals surface area contributed by atoms with Crippen LogP contribution in [0.4, 0.5) is 17.3 Å². The minimum absolute atomic E-state index is 0.640. The molecule has 1 aliphatic heterocycles. The first kappa shape index (κ1) is 14.6. The van der Waals surface area contributed by atoms with Gasteiger partial charge in [-0.25, -0.2) is 9.97 Å². The number of hydrogen-bond donors (Lipinski definition) is 1. The Balaban J connectivity index is 1.78. The van der Waals surface area contributed by atoms with Crippen LogP contribution in [0.1, 0.15) is 26.2 Å². The van der Waals surface area contributed by atoms with Crippen molar-refractivity contribution in [1.82, 2.24) is 9.97 Å². The Morgan fingerprint density at radius 2 is 1.95 bits per heavy atom. The van der Waals surface area contributed by atoms with Crippen molar-refractivity contribution >= 4 is 17.3 Å². The van der Waals surface area contributed by atoms with Gasteiger partial charge in [-0.05, 0) is 38.3 Å². The molecule has 0 saturated carbocycles. The first-order valence-corrected chi connectivity index (χ1v) is 7.92. The molecule has 3 rings (SSSR count). The van der Waals surface area contributed by atoms with E-state index in [2.05, 4.69) is 20.2 Å². The van der Waals surface area contributed by atoms with E-state index in [-0.39, 0.29) is 0 Å². The van der Waals surface area contributed by atoms with Gasteiger partial charge in [-0.15, -0.1) is 0 Å². The molecule has 1 aromatic carbocycles. The highest BCUT2D eigenvalue weighted by Gasteiger charge is 2.13. The lowest BCUT2D eigenvalue weighted by Gasteiger charge is -2.27. The number of ether oxygens (including phenoxy) is 1. The summed E-state index contributed by atoms with van der Waals surface area (Å²) < 4.78 is 5.64. The second-order valence-corrected chi connectivity index (χ2v) is 5.36. The highest BCUT2D eigenvalue weighted by Crippen LogP contribution is 2.28. The fourth-order valence-corrected chi connectivity index (χ4v) is 2.70. The first-order valence-electron chi connectivity index (χ1n) is 7.92. The maximum Gasteiger partial charge on any atom is 0.142 e. The highest BCUT2D eigenvalue weighted by atomic mass is 16.5. The molecule has 0 unspecified atom stereocenters. The number of hydrogen-bond acceptors (Lipinski definition) is 5. The number of anilines is 3. The van der Waals surface area contributed by atoms with Crippen LogP contribution in [0.15, 0.2) is 36.7 Å². The van der Waals surface area contributed by atoms with E-state index in [0.29, 0.717) is 6.61 Å². The van der Waals surface area contributed by atoms with E-state index in [0.717, 1.165) is 36.2 Å². The molecule has 1 aliphatic rings. The summed E-state index contributed by atoms with van der Waals surface area (Å²) in [6.07, 6.45) is 5.41. The van der Waals surface area contributed by atoms with Crippen molar-refractivity contribution in [2.45, 2.75) is 26.2 Å². The van der Waals surface area contributed by atoms with Gasteiger partial charge in [0.15, 0.2) is 0 Å². The molecule has 0 amide bonds.